The highest BCUT2D eigenvalue weighted by Gasteiger charge is 2.34. The molecule has 1 heterocycles. The van der Waals surface area contributed by atoms with Crippen molar-refractivity contribution in [1.29, 1.82) is 0 Å². The molecule has 0 radical (unpaired) electrons. The molecule has 0 N–H and O–H groups in total. The summed E-state index contributed by atoms with van der Waals surface area (Å²) in [6, 6.07) is 15.8. The van der Waals surface area contributed by atoms with Crippen LogP contribution in [0, 0.1) is 0 Å². The maximum Gasteiger partial charge on any atom is 0.416 e. The van der Waals surface area contributed by atoms with Gasteiger partial charge in [-0.2, -0.15) is 17.5 Å². The standard InChI is InChI=1S/C23H20F3NO4S2/c1-32(28,29)21-6-2-4-16(13-21)17-8-9-19-15-27(11-10-18(19)12-17)33(30,31)22-7-3-5-20(14-22)23(24,25)26/h2-9,12-14H,10-11,15H2,1H3. The van der Waals surface area contributed by atoms with Gasteiger partial charge in [0.05, 0.1) is 15.4 Å². The van der Waals surface area contributed by atoms with E-state index in [0.717, 1.165) is 46.7 Å². The minimum atomic E-state index is -4.63. The van der Waals surface area contributed by atoms with Gasteiger partial charge in [-0.3, -0.25) is 0 Å². The first-order valence-corrected chi connectivity index (χ1v) is 13.3. The third-order valence-corrected chi connectivity index (χ3v) is 8.53. The molecule has 33 heavy (non-hydrogen) atoms. The van der Waals surface area contributed by atoms with E-state index in [2.05, 4.69) is 0 Å². The molecule has 3 aromatic rings. The number of nitrogens with zero attached hydrogens (tertiary/aromatic N) is 1. The van der Waals surface area contributed by atoms with Crippen molar-refractivity contribution >= 4 is 19.9 Å². The van der Waals surface area contributed by atoms with Gasteiger partial charge in [0.1, 0.15) is 0 Å². The van der Waals surface area contributed by atoms with E-state index in [-0.39, 0.29) is 18.0 Å². The average molecular weight is 496 g/mol. The molecule has 0 bridgehead atoms. The Morgan fingerprint density at radius 1 is 0.788 bits per heavy atom. The molecule has 3 aromatic carbocycles. The van der Waals surface area contributed by atoms with Crippen LogP contribution in [0.1, 0.15) is 16.7 Å². The third kappa shape index (κ3) is 4.83. The molecule has 0 atom stereocenters. The van der Waals surface area contributed by atoms with Gasteiger partial charge < -0.3 is 0 Å². The number of hydrogen-bond donors (Lipinski definition) is 0. The zero-order chi connectivity index (χ0) is 24.0. The number of hydrogen-bond acceptors (Lipinski definition) is 4. The lowest BCUT2D eigenvalue weighted by Gasteiger charge is -2.28. The largest absolute Gasteiger partial charge is 0.416 e. The first kappa shape index (κ1) is 23.5. The predicted octanol–water partition coefficient (Wildman–Crippen LogP) is 4.52. The SMILES string of the molecule is CS(=O)(=O)c1cccc(-c2ccc3c(c2)CCN(S(=O)(=O)c2cccc(C(F)(F)F)c2)C3)c1. The molecular weight excluding hydrogens is 475 g/mol. The summed E-state index contributed by atoms with van der Waals surface area (Å²) < 4.78 is 89.9. The van der Waals surface area contributed by atoms with Gasteiger partial charge in [-0.05, 0) is 59.0 Å². The van der Waals surface area contributed by atoms with Crippen LogP contribution >= 0.6 is 0 Å². The van der Waals surface area contributed by atoms with Crippen LogP contribution in [0.3, 0.4) is 0 Å². The molecule has 0 aliphatic carbocycles. The maximum atomic E-state index is 13.0. The van der Waals surface area contributed by atoms with Gasteiger partial charge in [-0.1, -0.05) is 36.4 Å². The fourth-order valence-corrected chi connectivity index (χ4v) is 5.93. The van der Waals surface area contributed by atoms with Gasteiger partial charge in [0.2, 0.25) is 10.0 Å². The molecular formula is C23H20F3NO4S2. The van der Waals surface area contributed by atoms with Crippen molar-refractivity contribution in [2.45, 2.75) is 28.9 Å². The summed E-state index contributed by atoms with van der Waals surface area (Å²) in [7, 11) is -7.46. The van der Waals surface area contributed by atoms with Crippen LogP contribution < -0.4 is 0 Å². The van der Waals surface area contributed by atoms with Crippen LogP contribution in [0.25, 0.3) is 11.1 Å². The molecule has 5 nitrogen and oxygen atoms in total. The topological polar surface area (TPSA) is 71.5 Å². The van der Waals surface area contributed by atoms with Crippen molar-refractivity contribution in [1.82, 2.24) is 4.31 Å². The Labute approximate surface area is 190 Å². The first-order chi connectivity index (χ1) is 15.4. The van der Waals surface area contributed by atoms with Gasteiger partial charge in [0.25, 0.3) is 0 Å². The van der Waals surface area contributed by atoms with Crippen molar-refractivity contribution in [3.63, 3.8) is 0 Å². The summed E-state index contributed by atoms with van der Waals surface area (Å²) in [6.45, 7) is 0.163. The van der Waals surface area contributed by atoms with Gasteiger partial charge in [-0.15, -0.1) is 0 Å². The minimum absolute atomic E-state index is 0.0393. The summed E-state index contributed by atoms with van der Waals surface area (Å²) in [4.78, 5) is -0.189. The average Bonchev–Trinajstić information content (AvgIpc) is 2.77. The highest BCUT2D eigenvalue weighted by molar-refractivity contribution is 7.90. The van der Waals surface area contributed by atoms with Crippen LogP contribution in [0.5, 0.6) is 0 Å². The van der Waals surface area contributed by atoms with Crippen LogP contribution in [0.4, 0.5) is 13.2 Å². The third-order valence-electron chi connectivity index (χ3n) is 5.58. The molecule has 0 aromatic heterocycles. The Hall–Kier alpha value is -2.69. The number of sulfone groups is 1. The van der Waals surface area contributed by atoms with E-state index in [1.165, 1.54) is 10.4 Å². The Kier molecular flexibility index (Phi) is 5.88. The number of halogens is 3. The van der Waals surface area contributed by atoms with E-state index in [1.807, 2.05) is 6.07 Å². The molecule has 0 saturated heterocycles. The molecule has 4 rings (SSSR count). The second-order valence-corrected chi connectivity index (χ2v) is 11.9. The summed E-state index contributed by atoms with van der Waals surface area (Å²) in [5, 5.41) is 0. The second-order valence-electron chi connectivity index (χ2n) is 7.90. The van der Waals surface area contributed by atoms with Crippen molar-refractivity contribution in [2.24, 2.45) is 0 Å². The van der Waals surface area contributed by atoms with Crippen molar-refractivity contribution in [3.05, 3.63) is 83.4 Å². The fraction of sp³-hybridized carbons (Fsp3) is 0.217. The van der Waals surface area contributed by atoms with Crippen LogP contribution in [-0.2, 0) is 39.0 Å². The number of rotatable bonds is 4. The summed E-state index contributed by atoms with van der Waals surface area (Å²) in [5.74, 6) is 0. The van der Waals surface area contributed by atoms with Crippen molar-refractivity contribution < 1.29 is 30.0 Å². The minimum Gasteiger partial charge on any atom is -0.224 e. The molecule has 0 saturated carbocycles. The van der Waals surface area contributed by atoms with E-state index < -0.39 is 36.5 Å². The number of benzene rings is 3. The zero-order valence-electron chi connectivity index (χ0n) is 17.5. The smallest absolute Gasteiger partial charge is 0.224 e. The molecule has 174 valence electrons. The molecule has 1 aliphatic heterocycles. The Balaban J connectivity index is 1.62. The normalized spacial score (nSPS) is 15.3. The molecule has 0 spiro atoms. The monoisotopic (exact) mass is 495 g/mol. The molecule has 0 unspecified atom stereocenters. The van der Waals surface area contributed by atoms with E-state index in [9.17, 15) is 30.0 Å². The quantitative estimate of drug-likeness (QED) is 0.534. The second kappa shape index (κ2) is 8.27. The van der Waals surface area contributed by atoms with Gasteiger partial charge in [0, 0.05) is 19.3 Å². The summed E-state index contributed by atoms with van der Waals surface area (Å²) in [6.07, 6.45) is -3.11. The van der Waals surface area contributed by atoms with E-state index in [0.29, 0.717) is 12.5 Å². The van der Waals surface area contributed by atoms with E-state index >= 15 is 0 Å². The Morgan fingerprint density at radius 2 is 1.45 bits per heavy atom. The molecule has 10 heteroatoms. The lowest BCUT2D eigenvalue weighted by molar-refractivity contribution is -0.137. The lowest BCUT2D eigenvalue weighted by Crippen LogP contribution is -2.36. The van der Waals surface area contributed by atoms with Crippen molar-refractivity contribution in [2.75, 3.05) is 12.8 Å². The fourth-order valence-electron chi connectivity index (χ4n) is 3.80. The number of alkyl halides is 3. The van der Waals surface area contributed by atoms with Crippen LogP contribution in [-0.4, -0.2) is 33.9 Å². The highest BCUT2D eigenvalue weighted by Crippen LogP contribution is 2.33. The van der Waals surface area contributed by atoms with Gasteiger partial charge in [-0.25, -0.2) is 16.8 Å². The van der Waals surface area contributed by atoms with Gasteiger partial charge in [0.15, 0.2) is 9.84 Å². The maximum absolute atomic E-state index is 13.0. The van der Waals surface area contributed by atoms with Crippen LogP contribution in [0.2, 0.25) is 0 Å². The van der Waals surface area contributed by atoms with E-state index in [1.54, 1.807) is 30.3 Å². The number of sulfonamides is 1. The zero-order valence-corrected chi connectivity index (χ0v) is 19.1. The summed E-state index contributed by atoms with van der Waals surface area (Å²) >= 11 is 0. The molecule has 0 amide bonds. The first-order valence-electron chi connectivity index (χ1n) is 9.95. The van der Waals surface area contributed by atoms with Crippen molar-refractivity contribution in [3.8, 4) is 11.1 Å². The van der Waals surface area contributed by atoms with Gasteiger partial charge >= 0.3 is 6.18 Å². The summed E-state index contributed by atoms with van der Waals surface area (Å²) in [5.41, 5.74) is 2.17. The highest BCUT2D eigenvalue weighted by atomic mass is 32.2. The predicted molar refractivity (Wildman–Crippen MR) is 118 cm³/mol. The lowest BCUT2D eigenvalue weighted by atomic mass is 9.95. The van der Waals surface area contributed by atoms with Crippen LogP contribution in [0.15, 0.2) is 76.5 Å². The molecule has 0 fully saturated rings. The Bertz CT molecular complexity index is 1430. The molecule has 1 aliphatic rings. The Morgan fingerprint density at radius 3 is 2.15 bits per heavy atom. The van der Waals surface area contributed by atoms with E-state index in [4.69, 9.17) is 0 Å². The number of fused-ring (bicyclic) bond motifs is 1.